The lowest BCUT2D eigenvalue weighted by molar-refractivity contribution is 0.0945. The van der Waals surface area contributed by atoms with Gasteiger partial charge in [0.2, 0.25) is 5.88 Å². The smallest absolute Gasteiger partial charge is 0.271 e. The Balaban J connectivity index is 1.73. The van der Waals surface area contributed by atoms with Crippen LogP contribution in [0.2, 0.25) is 0 Å². The van der Waals surface area contributed by atoms with E-state index in [1.54, 1.807) is 17.7 Å². The largest absolute Gasteiger partial charge is 0.480 e. The van der Waals surface area contributed by atoms with Crippen LogP contribution in [0.3, 0.4) is 0 Å². The second-order valence-corrected chi connectivity index (χ2v) is 5.69. The van der Waals surface area contributed by atoms with Gasteiger partial charge in [0.25, 0.3) is 5.91 Å². The highest BCUT2D eigenvalue weighted by molar-refractivity contribution is 5.91. The number of nitrogens with zero attached hydrogens (tertiary/aromatic N) is 5. The minimum atomic E-state index is -0.319. The molecule has 0 fully saturated rings. The van der Waals surface area contributed by atoms with Crippen LogP contribution < -0.4 is 10.1 Å². The summed E-state index contributed by atoms with van der Waals surface area (Å²) in [5, 5.41) is 7.30. The van der Waals surface area contributed by atoms with Crippen LogP contribution in [-0.4, -0.2) is 37.6 Å². The molecule has 1 aromatic carbocycles. The molecule has 8 heteroatoms. The molecular formula is C19H16N6O2. The van der Waals surface area contributed by atoms with E-state index in [1.165, 1.54) is 18.6 Å². The van der Waals surface area contributed by atoms with Crippen LogP contribution in [0.25, 0.3) is 16.9 Å². The number of methoxy groups -OCH3 is 1. The number of nitrogens with one attached hydrogen (secondary N) is 1. The molecule has 0 aliphatic rings. The van der Waals surface area contributed by atoms with Crippen LogP contribution in [0.5, 0.6) is 5.88 Å². The highest BCUT2D eigenvalue weighted by atomic mass is 16.5. The second kappa shape index (κ2) is 7.20. The van der Waals surface area contributed by atoms with Crippen molar-refractivity contribution in [3.63, 3.8) is 0 Å². The van der Waals surface area contributed by atoms with Crippen molar-refractivity contribution in [3.05, 3.63) is 72.4 Å². The molecule has 8 nitrogen and oxygen atoms in total. The molecule has 3 heterocycles. The Morgan fingerprint density at radius 1 is 1.15 bits per heavy atom. The third-order valence-corrected chi connectivity index (χ3v) is 4.01. The molecule has 1 N–H and O–H groups in total. The Hall–Kier alpha value is -3.81. The molecule has 3 aromatic heterocycles. The standard InChI is InChI=1S/C19H16N6O2/c1-27-17-8-7-16-23-18(13-5-3-2-4-6-13)15(25(16)24-17)12-22-19(26)14-11-20-9-10-21-14/h2-11H,12H2,1H3,(H,22,26). The average Bonchev–Trinajstić information content (AvgIpc) is 3.11. The highest BCUT2D eigenvalue weighted by Gasteiger charge is 2.17. The number of hydrogen-bond acceptors (Lipinski definition) is 6. The van der Waals surface area contributed by atoms with Crippen LogP contribution >= 0.6 is 0 Å². The molecule has 0 bridgehead atoms. The summed E-state index contributed by atoms with van der Waals surface area (Å²) in [6, 6.07) is 13.3. The van der Waals surface area contributed by atoms with Gasteiger partial charge >= 0.3 is 0 Å². The van der Waals surface area contributed by atoms with Crippen LogP contribution in [-0.2, 0) is 6.54 Å². The van der Waals surface area contributed by atoms with Gasteiger partial charge < -0.3 is 10.1 Å². The lowest BCUT2D eigenvalue weighted by Gasteiger charge is -2.07. The van der Waals surface area contributed by atoms with Crippen LogP contribution in [0.15, 0.2) is 61.1 Å². The van der Waals surface area contributed by atoms with Crippen molar-refractivity contribution in [2.24, 2.45) is 0 Å². The van der Waals surface area contributed by atoms with Gasteiger partial charge in [-0.05, 0) is 6.07 Å². The van der Waals surface area contributed by atoms with E-state index in [-0.39, 0.29) is 18.1 Å². The van der Waals surface area contributed by atoms with E-state index >= 15 is 0 Å². The molecule has 27 heavy (non-hydrogen) atoms. The summed E-state index contributed by atoms with van der Waals surface area (Å²) in [5.74, 6) is 0.140. The summed E-state index contributed by atoms with van der Waals surface area (Å²) in [6.45, 7) is 0.223. The number of ether oxygens (including phenoxy) is 1. The first-order valence-electron chi connectivity index (χ1n) is 8.28. The fourth-order valence-corrected chi connectivity index (χ4v) is 2.73. The number of carbonyl (C=O) groups is 1. The zero-order chi connectivity index (χ0) is 18.6. The number of fused-ring (bicyclic) bond motifs is 1. The van der Waals surface area contributed by atoms with E-state index in [4.69, 9.17) is 4.74 Å². The zero-order valence-corrected chi connectivity index (χ0v) is 14.5. The van der Waals surface area contributed by atoms with Crippen LogP contribution in [0, 0.1) is 0 Å². The fraction of sp³-hybridized carbons (Fsp3) is 0.105. The van der Waals surface area contributed by atoms with Gasteiger partial charge in [-0.3, -0.25) is 9.78 Å². The molecule has 4 aromatic rings. The Morgan fingerprint density at radius 3 is 2.74 bits per heavy atom. The molecule has 0 spiro atoms. The molecule has 4 rings (SSSR count). The Kier molecular flexibility index (Phi) is 4.44. The quantitative estimate of drug-likeness (QED) is 0.586. The topological polar surface area (TPSA) is 94.3 Å². The number of benzene rings is 1. The fourth-order valence-electron chi connectivity index (χ4n) is 2.73. The first-order valence-corrected chi connectivity index (χ1v) is 8.28. The molecule has 134 valence electrons. The molecule has 0 aliphatic heterocycles. The molecule has 0 aliphatic carbocycles. The maximum absolute atomic E-state index is 12.4. The van der Waals surface area contributed by atoms with Crippen molar-refractivity contribution in [2.45, 2.75) is 6.54 Å². The Bertz CT molecular complexity index is 1080. The number of amides is 1. The molecular weight excluding hydrogens is 344 g/mol. The zero-order valence-electron chi connectivity index (χ0n) is 14.5. The van der Waals surface area contributed by atoms with E-state index in [0.717, 1.165) is 17.0 Å². The van der Waals surface area contributed by atoms with Crippen LogP contribution in [0.1, 0.15) is 16.2 Å². The van der Waals surface area contributed by atoms with Crippen molar-refractivity contribution in [1.29, 1.82) is 0 Å². The van der Waals surface area contributed by atoms with E-state index < -0.39 is 0 Å². The van der Waals surface area contributed by atoms with Gasteiger partial charge in [-0.2, -0.15) is 0 Å². The summed E-state index contributed by atoms with van der Waals surface area (Å²) in [5.41, 5.74) is 3.34. The molecule has 0 radical (unpaired) electrons. The van der Waals surface area contributed by atoms with Gasteiger partial charge in [-0.1, -0.05) is 30.3 Å². The van der Waals surface area contributed by atoms with E-state index in [0.29, 0.717) is 11.5 Å². The maximum Gasteiger partial charge on any atom is 0.271 e. The van der Waals surface area contributed by atoms with Crippen molar-refractivity contribution < 1.29 is 9.53 Å². The van der Waals surface area contributed by atoms with Gasteiger partial charge in [-0.25, -0.2) is 14.5 Å². The maximum atomic E-state index is 12.4. The van der Waals surface area contributed by atoms with E-state index in [1.807, 2.05) is 36.4 Å². The average molecular weight is 360 g/mol. The number of carbonyl (C=O) groups excluding carboxylic acids is 1. The second-order valence-electron chi connectivity index (χ2n) is 5.69. The van der Waals surface area contributed by atoms with Gasteiger partial charge in [0, 0.05) is 24.0 Å². The molecule has 0 atom stereocenters. The molecule has 0 saturated carbocycles. The van der Waals surface area contributed by atoms with Gasteiger partial charge in [-0.15, -0.1) is 5.10 Å². The van der Waals surface area contributed by atoms with Crippen molar-refractivity contribution >= 4 is 11.6 Å². The number of hydrogen-bond donors (Lipinski definition) is 1. The highest BCUT2D eigenvalue weighted by Crippen LogP contribution is 2.24. The molecule has 1 amide bonds. The van der Waals surface area contributed by atoms with Gasteiger partial charge in [0.1, 0.15) is 5.69 Å². The summed E-state index contributed by atoms with van der Waals surface area (Å²) >= 11 is 0. The van der Waals surface area contributed by atoms with Gasteiger partial charge in [0.05, 0.1) is 31.2 Å². The molecule has 0 unspecified atom stereocenters. The van der Waals surface area contributed by atoms with Crippen molar-refractivity contribution in [2.75, 3.05) is 7.11 Å². The van der Waals surface area contributed by atoms with Crippen molar-refractivity contribution in [3.8, 4) is 17.1 Å². The minimum Gasteiger partial charge on any atom is -0.480 e. The van der Waals surface area contributed by atoms with E-state index in [9.17, 15) is 4.79 Å². The Morgan fingerprint density at radius 2 is 2.00 bits per heavy atom. The predicted molar refractivity (Wildman–Crippen MR) is 98.2 cm³/mol. The Labute approximate surface area is 154 Å². The SMILES string of the molecule is COc1ccc2nc(-c3ccccc3)c(CNC(=O)c3cnccn3)n2n1. The third-order valence-electron chi connectivity index (χ3n) is 4.01. The lowest BCUT2D eigenvalue weighted by Crippen LogP contribution is -2.25. The summed E-state index contributed by atoms with van der Waals surface area (Å²) in [6.07, 6.45) is 4.42. The normalized spacial score (nSPS) is 10.7. The first kappa shape index (κ1) is 16.6. The van der Waals surface area contributed by atoms with Crippen molar-refractivity contribution in [1.82, 2.24) is 29.9 Å². The number of aromatic nitrogens is 5. The monoisotopic (exact) mass is 360 g/mol. The summed E-state index contributed by atoms with van der Waals surface area (Å²) in [7, 11) is 1.55. The van der Waals surface area contributed by atoms with Gasteiger partial charge in [0.15, 0.2) is 5.65 Å². The van der Waals surface area contributed by atoms with Crippen LogP contribution in [0.4, 0.5) is 0 Å². The minimum absolute atomic E-state index is 0.223. The van der Waals surface area contributed by atoms with E-state index in [2.05, 4.69) is 25.4 Å². The first-order chi connectivity index (χ1) is 13.3. The lowest BCUT2D eigenvalue weighted by atomic mass is 10.1. The predicted octanol–water partition coefficient (Wildman–Crippen LogP) is 2.12. The number of rotatable bonds is 5. The third kappa shape index (κ3) is 3.32. The number of imidazole rings is 1. The summed E-state index contributed by atoms with van der Waals surface area (Å²) in [4.78, 5) is 25.0. The summed E-state index contributed by atoms with van der Waals surface area (Å²) < 4.78 is 6.90. The molecule has 0 saturated heterocycles.